The largest absolute Gasteiger partial charge is 2.00 e. The average molecular weight is 235 g/mol. The molecule has 2 rings (SSSR count). The van der Waals surface area contributed by atoms with Crippen molar-refractivity contribution < 1.29 is 0 Å². The second-order valence-corrected chi connectivity index (χ2v) is 4.10. The summed E-state index contributed by atoms with van der Waals surface area (Å²) < 4.78 is 0. The number of hydrogen-bond acceptors (Lipinski definition) is 0. The summed E-state index contributed by atoms with van der Waals surface area (Å²) in [6.07, 6.45) is 0. The fourth-order valence-corrected chi connectivity index (χ4v) is 1.16. The first kappa shape index (κ1) is 16.2. The zero-order valence-electron chi connectivity index (χ0n) is 11.2. The Bertz CT molecular complexity index is 327. The number of rotatable bonds is 0. The monoisotopic (exact) mass is 234 g/mol. The van der Waals surface area contributed by atoms with Crippen molar-refractivity contribution in [3.63, 3.8) is 0 Å². The topological polar surface area (TPSA) is 0 Å². The van der Waals surface area contributed by atoms with E-state index in [9.17, 15) is 0 Å². The molecule has 0 aromatic heterocycles. The van der Waals surface area contributed by atoms with Crippen LogP contribution in [-0.2, 0) is 0 Å². The van der Waals surface area contributed by atoms with Crippen LogP contribution in [0.15, 0.2) is 36.4 Å². The predicted octanol–water partition coefficient (Wildman–Crippen LogP) is 3.83. The fourth-order valence-electron chi connectivity index (χ4n) is 1.16. The Hall–Kier alpha value is -0.794. The van der Waals surface area contributed by atoms with Gasteiger partial charge in [0.1, 0.15) is 0 Å². The van der Waals surface area contributed by atoms with Gasteiger partial charge >= 0.3 is 23.1 Å². The average Bonchev–Trinajstić information content (AvgIpc) is 2.28. The second kappa shape index (κ2) is 8.32. The van der Waals surface area contributed by atoms with E-state index in [0.29, 0.717) is 0 Å². The molecule has 0 bridgehead atoms. The first-order valence-electron chi connectivity index (χ1n) is 5.48. The van der Waals surface area contributed by atoms with E-state index in [1.807, 2.05) is 26.0 Å². The van der Waals surface area contributed by atoms with Gasteiger partial charge in [-0.25, -0.2) is 0 Å². The Balaban J connectivity index is 0.000000284. The van der Waals surface area contributed by atoms with Gasteiger partial charge in [-0.05, 0) is 0 Å². The van der Waals surface area contributed by atoms with Crippen molar-refractivity contribution in [3.8, 4) is 0 Å². The molecule has 17 heavy (non-hydrogen) atoms. The molecule has 0 spiro atoms. The summed E-state index contributed by atoms with van der Waals surface area (Å²) in [5.74, 6) is 0. The summed E-state index contributed by atoms with van der Waals surface area (Å²) in [5.41, 5.74) is 4.96. The molecule has 0 atom stereocenters. The van der Waals surface area contributed by atoms with Gasteiger partial charge in [0.05, 0.1) is 0 Å². The van der Waals surface area contributed by atoms with Crippen LogP contribution in [0.5, 0.6) is 0 Å². The summed E-state index contributed by atoms with van der Waals surface area (Å²) in [7, 11) is 0. The molecule has 2 aromatic carbocycles. The Kier molecular flexibility index (Phi) is 7.93. The van der Waals surface area contributed by atoms with E-state index in [1.54, 1.807) is 0 Å². The van der Waals surface area contributed by atoms with Crippen molar-refractivity contribution in [2.45, 2.75) is 27.7 Å². The summed E-state index contributed by atoms with van der Waals surface area (Å²) in [6, 6.07) is 18.5. The molecule has 0 aliphatic carbocycles. The van der Waals surface area contributed by atoms with E-state index < -0.39 is 0 Å². The number of hydrogen-bond donors (Lipinski definition) is 0. The van der Waals surface area contributed by atoms with Crippen molar-refractivity contribution in [1.29, 1.82) is 0 Å². The zero-order chi connectivity index (χ0) is 12.0. The van der Waals surface area contributed by atoms with Gasteiger partial charge in [-0.2, -0.15) is 70.8 Å². The Morgan fingerprint density at radius 3 is 1.18 bits per heavy atom. The molecular formula is C16H18Mg. The second-order valence-electron chi connectivity index (χ2n) is 4.10. The zero-order valence-corrected chi connectivity index (χ0v) is 12.6. The minimum Gasteiger partial charge on any atom is -0.180 e. The third kappa shape index (κ3) is 7.19. The fraction of sp³-hybridized carbons (Fsp3) is 0.250. The van der Waals surface area contributed by atoms with Gasteiger partial charge < -0.3 is 0 Å². The molecule has 2 aromatic rings. The minimum absolute atomic E-state index is 0. The van der Waals surface area contributed by atoms with E-state index >= 15 is 0 Å². The van der Waals surface area contributed by atoms with Crippen LogP contribution in [0.1, 0.15) is 22.3 Å². The minimum atomic E-state index is 0. The van der Waals surface area contributed by atoms with Gasteiger partial charge in [0, 0.05) is 0 Å². The molecule has 0 aliphatic heterocycles. The standard InChI is InChI=1S/2C8H9.Mg/c2*1-7-3-5-8(2)6-4-7;/h2*3-5H,1-2H3;/q2*-1;+2. The van der Waals surface area contributed by atoms with Crippen molar-refractivity contribution in [3.05, 3.63) is 70.8 Å². The van der Waals surface area contributed by atoms with Crippen LogP contribution < -0.4 is 0 Å². The van der Waals surface area contributed by atoms with Crippen LogP contribution >= 0.6 is 0 Å². The number of benzene rings is 2. The molecule has 0 heterocycles. The predicted molar refractivity (Wildman–Crippen MR) is 75.3 cm³/mol. The first-order valence-corrected chi connectivity index (χ1v) is 5.48. The van der Waals surface area contributed by atoms with Gasteiger partial charge in [-0.15, -0.1) is 0 Å². The van der Waals surface area contributed by atoms with Crippen LogP contribution in [0.25, 0.3) is 0 Å². The third-order valence-corrected chi connectivity index (χ3v) is 2.25. The van der Waals surface area contributed by atoms with Gasteiger partial charge in [0.25, 0.3) is 0 Å². The smallest absolute Gasteiger partial charge is 0.180 e. The van der Waals surface area contributed by atoms with Crippen LogP contribution in [0.4, 0.5) is 0 Å². The Morgan fingerprint density at radius 2 is 1.00 bits per heavy atom. The van der Waals surface area contributed by atoms with E-state index in [2.05, 4.69) is 50.2 Å². The molecule has 1 heteroatoms. The van der Waals surface area contributed by atoms with Crippen LogP contribution in [0, 0.1) is 39.8 Å². The van der Waals surface area contributed by atoms with E-state index in [-0.39, 0.29) is 23.1 Å². The molecule has 0 aliphatic rings. The maximum absolute atomic E-state index is 3.10. The summed E-state index contributed by atoms with van der Waals surface area (Å²) in [6.45, 7) is 8.21. The molecule has 0 N–H and O–H groups in total. The van der Waals surface area contributed by atoms with Crippen molar-refractivity contribution in [2.24, 2.45) is 0 Å². The normalized spacial score (nSPS) is 8.71. The Labute approximate surface area is 121 Å². The Morgan fingerprint density at radius 1 is 0.647 bits per heavy atom. The maximum Gasteiger partial charge on any atom is 2.00 e. The molecule has 0 fully saturated rings. The quantitative estimate of drug-likeness (QED) is 0.480. The summed E-state index contributed by atoms with van der Waals surface area (Å²) >= 11 is 0. The van der Waals surface area contributed by atoms with E-state index in [4.69, 9.17) is 0 Å². The molecule has 0 saturated heterocycles. The van der Waals surface area contributed by atoms with Gasteiger partial charge in [-0.3, -0.25) is 0 Å². The molecule has 0 saturated carbocycles. The van der Waals surface area contributed by atoms with Gasteiger partial charge in [0.15, 0.2) is 0 Å². The van der Waals surface area contributed by atoms with E-state index in [0.717, 1.165) is 0 Å². The van der Waals surface area contributed by atoms with Crippen LogP contribution in [0.2, 0.25) is 0 Å². The van der Waals surface area contributed by atoms with Crippen LogP contribution in [0.3, 0.4) is 0 Å². The third-order valence-electron chi connectivity index (χ3n) is 2.25. The molecule has 0 radical (unpaired) electrons. The molecule has 0 amide bonds. The maximum atomic E-state index is 3.10. The summed E-state index contributed by atoms with van der Waals surface area (Å²) in [5, 5.41) is 0. The first-order chi connectivity index (χ1) is 7.58. The molecule has 0 unspecified atom stereocenters. The van der Waals surface area contributed by atoms with E-state index in [1.165, 1.54) is 22.3 Å². The van der Waals surface area contributed by atoms with Crippen molar-refractivity contribution >= 4 is 23.1 Å². The van der Waals surface area contributed by atoms with Gasteiger partial charge in [-0.1, -0.05) is 27.7 Å². The number of aryl methyl sites for hydroxylation is 4. The molecule has 84 valence electrons. The summed E-state index contributed by atoms with van der Waals surface area (Å²) in [4.78, 5) is 0. The van der Waals surface area contributed by atoms with Crippen LogP contribution in [-0.4, -0.2) is 23.1 Å². The SMILES string of the molecule is Cc1[c-]cc(C)cc1.Cc1[c-]cc(C)cc1.[Mg+2]. The van der Waals surface area contributed by atoms with Crippen molar-refractivity contribution in [2.75, 3.05) is 0 Å². The van der Waals surface area contributed by atoms with Crippen molar-refractivity contribution in [1.82, 2.24) is 0 Å². The molecule has 0 nitrogen and oxygen atoms in total. The van der Waals surface area contributed by atoms with Gasteiger partial charge in [0.2, 0.25) is 0 Å². The molecular weight excluding hydrogens is 216 g/mol.